The fourth-order valence-corrected chi connectivity index (χ4v) is 4.50. The second-order valence-corrected chi connectivity index (χ2v) is 10.6. The third kappa shape index (κ3) is 10.0. The predicted octanol–water partition coefficient (Wildman–Crippen LogP) is 2.91. The van der Waals surface area contributed by atoms with E-state index in [1.165, 1.54) is 24.8 Å². The second kappa shape index (κ2) is 15.5. The number of amides is 3. The van der Waals surface area contributed by atoms with Crippen LogP contribution in [0, 0.1) is 6.92 Å². The van der Waals surface area contributed by atoms with Gasteiger partial charge in [0.1, 0.15) is 23.5 Å². The number of hydrogen-bond acceptors (Lipinski definition) is 8. The molecule has 0 saturated carbocycles. The summed E-state index contributed by atoms with van der Waals surface area (Å²) < 4.78 is 5.73. The minimum absolute atomic E-state index is 0.00188. The molecule has 0 fully saturated rings. The highest BCUT2D eigenvalue weighted by Crippen LogP contribution is 2.13. The molecule has 1 aliphatic rings. The fourth-order valence-electron chi connectivity index (χ4n) is 3.96. The summed E-state index contributed by atoms with van der Waals surface area (Å²) in [5.74, 6) is -1.86. The van der Waals surface area contributed by atoms with E-state index in [4.69, 9.17) is 4.74 Å². The van der Waals surface area contributed by atoms with Crippen molar-refractivity contribution in [2.24, 2.45) is 0 Å². The first-order valence-corrected chi connectivity index (χ1v) is 14.2. The summed E-state index contributed by atoms with van der Waals surface area (Å²) in [5, 5.41) is 8.02. The Hall–Kier alpha value is -4.25. The number of carbonyl (C=O) groups excluding carboxylic acids is 5. The molecule has 3 N–H and O–H groups in total. The highest BCUT2D eigenvalue weighted by molar-refractivity contribution is 8.13. The van der Waals surface area contributed by atoms with Gasteiger partial charge in [0, 0.05) is 19.1 Å². The van der Waals surface area contributed by atoms with Gasteiger partial charge in [-0.1, -0.05) is 60.3 Å². The Morgan fingerprint density at radius 3 is 2.56 bits per heavy atom. The lowest BCUT2D eigenvalue weighted by atomic mass is 10.1. The summed E-state index contributed by atoms with van der Waals surface area (Å²) in [4.78, 5) is 68.1. The van der Waals surface area contributed by atoms with Crippen molar-refractivity contribution in [1.82, 2.24) is 20.9 Å². The largest absolute Gasteiger partial charge is 0.456 e. The molecule has 3 amide bonds. The van der Waals surface area contributed by atoms with E-state index in [9.17, 15) is 24.0 Å². The van der Waals surface area contributed by atoms with Crippen LogP contribution >= 0.6 is 11.8 Å². The number of fused-ring (bicyclic) bond motifs is 2. The molecule has 41 heavy (non-hydrogen) atoms. The standard InChI is InChI=1S/C30H34N4O6S/c1-4-24-28(37)34-25(16-21-10-6-5-7-11-21)30(39)40-23(12-8-9-15-41-20(3)35)17-26(36)31-18-22-14-13-19(2)27(32-22)29(38)33-24/h4-8,10-14,23,25H,9,15-18H2,1-3H3,(H,31,36)(H,33,38)(H,34,37)/b12-8+,24-4-/t23-,25?/m1/s1. The summed E-state index contributed by atoms with van der Waals surface area (Å²) in [5.41, 5.74) is 1.87. The van der Waals surface area contributed by atoms with E-state index < -0.39 is 35.8 Å². The third-order valence-electron chi connectivity index (χ3n) is 6.09. The maximum Gasteiger partial charge on any atom is 0.329 e. The van der Waals surface area contributed by atoms with Crippen LogP contribution in [-0.4, -0.2) is 51.7 Å². The third-order valence-corrected chi connectivity index (χ3v) is 6.93. The Balaban J connectivity index is 1.94. The van der Waals surface area contributed by atoms with Gasteiger partial charge < -0.3 is 20.7 Å². The lowest BCUT2D eigenvalue weighted by Gasteiger charge is -2.22. The second-order valence-electron chi connectivity index (χ2n) is 9.35. The van der Waals surface area contributed by atoms with Crippen molar-refractivity contribution in [2.75, 3.05) is 5.75 Å². The molecule has 0 saturated heterocycles. The van der Waals surface area contributed by atoms with Crippen molar-refractivity contribution in [1.29, 1.82) is 0 Å². The van der Waals surface area contributed by atoms with Gasteiger partial charge in [-0.25, -0.2) is 9.78 Å². The molecule has 2 heterocycles. The number of esters is 1. The minimum atomic E-state index is -1.11. The number of nitrogens with zero attached hydrogens (tertiary/aromatic N) is 1. The molecule has 0 radical (unpaired) electrons. The molecular formula is C30H34N4O6S. The summed E-state index contributed by atoms with van der Waals surface area (Å²) in [7, 11) is 0. The van der Waals surface area contributed by atoms with Crippen molar-refractivity contribution in [2.45, 2.75) is 58.7 Å². The SMILES string of the molecule is C/C=C1\NC(=O)c2nc(ccc2C)CNC(=O)C[C@@H](/C=C/CCSC(C)=O)OC(=O)C(Cc2ccccc2)NC1=O. The number of nitrogens with one attached hydrogen (secondary N) is 3. The zero-order valence-corrected chi connectivity index (χ0v) is 24.1. The molecule has 216 valence electrons. The number of cyclic esters (lactones) is 1. The normalized spacial score (nSPS) is 19.8. The molecule has 1 aromatic carbocycles. The number of allylic oxidation sites excluding steroid dienone is 2. The Kier molecular flexibility index (Phi) is 11.8. The van der Waals surface area contributed by atoms with Crippen LogP contribution in [0.4, 0.5) is 0 Å². The Labute approximate surface area is 243 Å². The fraction of sp³-hybridized carbons (Fsp3) is 0.333. The smallest absolute Gasteiger partial charge is 0.329 e. The number of aryl methyl sites for hydroxylation is 1. The van der Waals surface area contributed by atoms with E-state index in [2.05, 4.69) is 20.9 Å². The first kappa shape index (κ1) is 31.3. The highest BCUT2D eigenvalue weighted by atomic mass is 32.2. The lowest BCUT2D eigenvalue weighted by molar-refractivity contribution is -0.151. The molecule has 2 atom stereocenters. The van der Waals surface area contributed by atoms with Gasteiger partial charge in [-0.2, -0.15) is 0 Å². The molecule has 1 aromatic heterocycles. The van der Waals surface area contributed by atoms with Gasteiger partial charge in [0.25, 0.3) is 11.8 Å². The van der Waals surface area contributed by atoms with Gasteiger partial charge >= 0.3 is 5.97 Å². The molecular weight excluding hydrogens is 544 g/mol. The average molecular weight is 579 g/mol. The molecule has 1 aliphatic heterocycles. The van der Waals surface area contributed by atoms with E-state index in [1.807, 2.05) is 30.3 Å². The predicted molar refractivity (Wildman–Crippen MR) is 156 cm³/mol. The van der Waals surface area contributed by atoms with Crippen LogP contribution in [0.1, 0.15) is 54.0 Å². The van der Waals surface area contributed by atoms with Crippen molar-refractivity contribution in [3.8, 4) is 0 Å². The van der Waals surface area contributed by atoms with Crippen molar-refractivity contribution < 1.29 is 28.7 Å². The van der Waals surface area contributed by atoms with Crippen LogP contribution in [0.25, 0.3) is 0 Å². The van der Waals surface area contributed by atoms with E-state index in [0.29, 0.717) is 23.4 Å². The molecule has 10 nitrogen and oxygen atoms in total. The molecule has 11 heteroatoms. The van der Waals surface area contributed by atoms with E-state index in [0.717, 1.165) is 5.56 Å². The molecule has 2 aromatic rings. The number of benzene rings is 1. The number of thioether (sulfide) groups is 1. The van der Waals surface area contributed by atoms with Crippen LogP contribution in [0.15, 0.2) is 66.4 Å². The van der Waals surface area contributed by atoms with Gasteiger partial charge in [-0.15, -0.1) is 0 Å². The van der Waals surface area contributed by atoms with Gasteiger partial charge in [-0.05, 0) is 43.5 Å². The number of pyridine rings is 1. The van der Waals surface area contributed by atoms with Crippen molar-refractivity contribution in [3.63, 3.8) is 0 Å². The topological polar surface area (TPSA) is 144 Å². The van der Waals surface area contributed by atoms with Gasteiger partial charge in [0.15, 0.2) is 5.12 Å². The molecule has 0 aliphatic carbocycles. The Morgan fingerprint density at radius 2 is 1.85 bits per heavy atom. The molecule has 2 bridgehead atoms. The molecule has 0 spiro atoms. The van der Waals surface area contributed by atoms with E-state index in [-0.39, 0.29) is 35.9 Å². The maximum atomic E-state index is 13.4. The minimum Gasteiger partial charge on any atom is -0.456 e. The van der Waals surface area contributed by atoms with Crippen LogP contribution in [-0.2, 0) is 36.9 Å². The van der Waals surface area contributed by atoms with E-state index >= 15 is 0 Å². The summed E-state index contributed by atoms with van der Waals surface area (Å²) in [6.45, 7) is 4.85. The average Bonchev–Trinajstić information content (AvgIpc) is 2.94. The monoisotopic (exact) mass is 578 g/mol. The highest BCUT2D eigenvalue weighted by Gasteiger charge is 2.28. The van der Waals surface area contributed by atoms with Gasteiger partial charge in [0.2, 0.25) is 5.91 Å². The first-order chi connectivity index (χ1) is 19.7. The van der Waals surface area contributed by atoms with Crippen LogP contribution in [0.3, 0.4) is 0 Å². The number of rotatable bonds is 6. The van der Waals surface area contributed by atoms with Crippen molar-refractivity contribution >= 4 is 40.6 Å². The lowest BCUT2D eigenvalue weighted by Crippen LogP contribution is -2.47. The van der Waals surface area contributed by atoms with Crippen LogP contribution < -0.4 is 16.0 Å². The number of carbonyl (C=O) groups is 5. The first-order valence-electron chi connectivity index (χ1n) is 13.2. The number of hydrogen-bond donors (Lipinski definition) is 3. The number of ether oxygens (including phenoxy) is 1. The summed E-state index contributed by atoms with van der Waals surface area (Å²) in [6.07, 6.45) is 4.36. The van der Waals surface area contributed by atoms with Crippen molar-refractivity contribution in [3.05, 3.63) is 88.9 Å². The van der Waals surface area contributed by atoms with E-state index in [1.54, 1.807) is 38.1 Å². The Morgan fingerprint density at radius 1 is 1.10 bits per heavy atom. The molecule has 1 unspecified atom stereocenters. The maximum absolute atomic E-state index is 13.4. The zero-order valence-electron chi connectivity index (χ0n) is 23.3. The summed E-state index contributed by atoms with van der Waals surface area (Å²) in [6, 6.07) is 11.4. The molecule has 3 rings (SSSR count). The number of aromatic nitrogens is 1. The zero-order chi connectivity index (χ0) is 29.8. The van der Waals surface area contributed by atoms with Crippen LogP contribution in [0.2, 0.25) is 0 Å². The van der Waals surface area contributed by atoms with Gasteiger partial charge in [-0.3, -0.25) is 19.2 Å². The summed E-state index contributed by atoms with van der Waals surface area (Å²) >= 11 is 1.18. The quantitative estimate of drug-likeness (QED) is 0.206. The van der Waals surface area contributed by atoms with Crippen LogP contribution in [0.5, 0.6) is 0 Å². The van der Waals surface area contributed by atoms with Gasteiger partial charge in [0.05, 0.1) is 18.7 Å². The Bertz CT molecular complexity index is 1340.